The summed E-state index contributed by atoms with van der Waals surface area (Å²) in [5.74, 6) is 0. The molecule has 1 saturated heterocycles. The first-order chi connectivity index (χ1) is 9.42. The topological polar surface area (TPSA) is 50.4 Å². The summed E-state index contributed by atoms with van der Waals surface area (Å²) in [6.07, 6.45) is 6.98. The summed E-state index contributed by atoms with van der Waals surface area (Å²) in [7, 11) is 0. The van der Waals surface area contributed by atoms with Crippen molar-refractivity contribution >= 4 is 0 Å². The first-order valence-electron chi connectivity index (χ1n) is 7.34. The standard InChI is InChI=1S/C14H23N3O2/c1-2-7-19-13(3-1)11-18-8-6-17-5-4-14-12(10-17)9-15-16-14/h9,13H,1-8,10-11H2,(H,15,16)/t13-/m0/s1. The molecule has 0 amide bonds. The van der Waals surface area contributed by atoms with Crippen molar-refractivity contribution in [1.82, 2.24) is 15.1 Å². The van der Waals surface area contributed by atoms with E-state index in [-0.39, 0.29) is 0 Å². The number of aromatic nitrogens is 2. The summed E-state index contributed by atoms with van der Waals surface area (Å²) in [5, 5.41) is 7.16. The molecule has 1 fully saturated rings. The van der Waals surface area contributed by atoms with E-state index in [1.807, 2.05) is 6.20 Å². The highest BCUT2D eigenvalue weighted by Crippen LogP contribution is 2.16. The minimum absolute atomic E-state index is 0.329. The number of hydrogen-bond donors (Lipinski definition) is 1. The first-order valence-corrected chi connectivity index (χ1v) is 7.34. The second-order valence-corrected chi connectivity index (χ2v) is 5.46. The van der Waals surface area contributed by atoms with E-state index in [0.717, 1.165) is 52.3 Å². The summed E-state index contributed by atoms with van der Waals surface area (Å²) < 4.78 is 11.4. The van der Waals surface area contributed by atoms with E-state index in [4.69, 9.17) is 9.47 Å². The van der Waals surface area contributed by atoms with Gasteiger partial charge in [-0.25, -0.2) is 0 Å². The van der Waals surface area contributed by atoms with Crippen LogP contribution in [0.4, 0.5) is 0 Å². The zero-order chi connectivity index (χ0) is 12.9. The third-order valence-corrected chi connectivity index (χ3v) is 4.01. The number of aromatic amines is 1. The van der Waals surface area contributed by atoms with Crippen molar-refractivity contribution in [2.24, 2.45) is 0 Å². The fourth-order valence-corrected chi connectivity index (χ4v) is 2.82. The maximum absolute atomic E-state index is 5.76. The number of nitrogens with zero attached hydrogens (tertiary/aromatic N) is 2. The Morgan fingerprint density at radius 3 is 3.37 bits per heavy atom. The van der Waals surface area contributed by atoms with Crippen molar-refractivity contribution in [1.29, 1.82) is 0 Å². The van der Waals surface area contributed by atoms with Gasteiger partial charge in [0.25, 0.3) is 0 Å². The van der Waals surface area contributed by atoms with Gasteiger partial charge in [-0.2, -0.15) is 5.10 Å². The Bertz CT molecular complexity index is 388. The molecule has 0 saturated carbocycles. The lowest BCUT2D eigenvalue weighted by atomic mass is 10.1. The maximum atomic E-state index is 5.76. The Labute approximate surface area is 114 Å². The quantitative estimate of drug-likeness (QED) is 0.817. The summed E-state index contributed by atoms with van der Waals surface area (Å²) in [4.78, 5) is 2.43. The lowest BCUT2D eigenvalue weighted by Crippen LogP contribution is -2.34. The average Bonchev–Trinajstić information content (AvgIpc) is 2.92. The van der Waals surface area contributed by atoms with Gasteiger partial charge in [0.1, 0.15) is 0 Å². The molecule has 2 aliphatic rings. The van der Waals surface area contributed by atoms with Crippen molar-refractivity contribution in [2.75, 3.05) is 32.9 Å². The van der Waals surface area contributed by atoms with Gasteiger partial charge in [0.05, 0.1) is 25.5 Å². The molecule has 0 bridgehead atoms. The van der Waals surface area contributed by atoms with E-state index in [2.05, 4.69) is 15.1 Å². The van der Waals surface area contributed by atoms with Crippen molar-refractivity contribution in [3.63, 3.8) is 0 Å². The van der Waals surface area contributed by atoms with Crippen LogP contribution in [-0.2, 0) is 22.4 Å². The minimum Gasteiger partial charge on any atom is -0.377 e. The van der Waals surface area contributed by atoms with Crippen LogP contribution in [0.2, 0.25) is 0 Å². The molecular formula is C14H23N3O2. The molecule has 3 heterocycles. The molecule has 0 aliphatic carbocycles. The summed E-state index contributed by atoms with van der Waals surface area (Å²) in [6.45, 7) is 5.55. The van der Waals surface area contributed by atoms with Crippen LogP contribution in [0.25, 0.3) is 0 Å². The molecule has 0 unspecified atom stereocenters. The predicted molar refractivity (Wildman–Crippen MR) is 72.0 cm³/mol. The van der Waals surface area contributed by atoms with Gasteiger partial charge in [-0.1, -0.05) is 0 Å². The Morgan fingerprint density at radius 2 is 2.47 bits per heavy atom. The Kier molecular flexibility index (Phi) is 4.48. The SMILES string of the molecule is c1n[nH]c2c1CN(CCOC[C@@H]1CCCCO1)CC2. The molecule has 0 aromatic carbocycles. The van der Waals surface area contributed by atoms with Gasteiger partial charge in [-0.3, -0.25) is 10.00 Å². The number of ether oxygens (including phenoxy) is 2. The van der Waals surface area contributed by atoms with Gasteiger partial charge in [0.15, 0.2) is 0 Å². The number of nitrogens with one attached hydrogen (secondary N) is 1. The lowest BCUT2D eigenvalue weighted by Gasteiger charge is -2.27. The molecule has 19 heavy (non-hydrogen) atoms. The summed E-state index contributed by atoms with van der Waals surface area (Å²) in [6, 6.07) is 0. The van der Waals surface area contributed by atoms with Gasteiger partial charge < -0.3 is 9.47 Å². The molecule has 0 radical (unpaired) electrons. The van der Waals surface area contributed by atoms with Gasteiger partial charge in [0.2, 0.25) is 0 Å². The molecule has 1 atom stereocenters. The van der Waals surface area contributed by atoms with Crippen LogP contribution in [0, 0.1) is 0 Å². The lowest BCUT2D eigenvalue weighted by molar-refractivity contribution is -0.0437. The number of rotatable bonds is 5. The predicted octanol–water partition coefficient (Wildman–Crippen LogP) is 1.35. The van der Waals surface area contributed by atoms with E-state index in [0.29, 0.717) is 6.10 Å². The highest BCUT2D eigenvalue weighted by atomic mass is 16.5. The van der Waals surface area contributed by atoms with Gasteiger partial charge in [-0.05, 0) is 19.3 Å². The van der Waals surface area contributed by atoms with E-state index < -0.39 is 0 Å². The smallest absolute Gasteiger partial charge is 0.0808 e. The van der Waals surface area contributed by atoms with Crippen LogP contribution in [0.5, 0.6) is 0 Å². The molecule has 0 spiro atoms. The largest absolute Gasteiger partial charge is 0.377 e. The fourth-order valence-electron chi connectivity index (χ4n) is 2.82. The van der Waals surface area contributed by atoms with Crippen molar-refractivity contribution < 1.29 is 9.47 Å². The van der Waals surface area contributed by atoms with Crippen LogP contribution in [0.15, 0.2) is 6.20 Å². The highest BCUT2D eigenvalue weighted by molar-refractivity contribution is 5.18. The summed E-state index contributed by atoms with van der Waals surface area (Å²) >= 11 is 0. The van der Waals surface area contributed by atoms with Crippen LogP contribution >= 0.6 is 0 Å². The minimum atomic E-state index is 0.329. The van der Waals surface area contributed by atoms with Crippen molar-refractivity contribution in [3.8, 4) is 0 Å². The molecule has 1 aromatic heterocycles. The van der Waals surface area contributed by atoms with Gasteiger partial charge in [0, 0.05) is 43.9 Å². The number of fused-ring (bicyclic) bond motifs is 1. The van der Waals surface area contributed by atoms with Crippen LogP contribution < -0.4 is 0 Å². The van der Waals surface area contributed by atoms with Crippen molar-refractivity contribution in [3.05, 3.63) is 17.5 Å². The molecule has 1 aromatic rings. The molecule has 106 valence electrons. The van der Waals surface area contributed by atoms with E-state index >= 15 is 0 Å². The van der Waals surface area contributed by atoms with Crippen LogP contribution in [0.3, 0.4) is 0 Å². The molecule has 5 nitrogen and oxygen atoms in total. The number of hydrogen-bond acceptors (Lipinski definition) is 4. The fraction of sp³-hybridized carbons (Fsp3) is 0.786. The molecule has 1 N–H and O–H groups in total. The third kappa shape index (κ3) is 3.55. The second kappa shape index (κ2) is 6.50. The Morgan fingerprint density at radius 1 is 1.47 bits per heavy atom. The second-order valence-electron chi connectivity index (χ2n) is 5.46. The monoisotopic (exact) mass is 265 g/mol. The van der Waals surface area contributed by atoms with E-state index in [1.54, 1.807) is 0 Å². The van der Waals surface area contributed by atoms with E-state index in [9.17, 15) is 0 Å². The Hall–Kier alpha value is -0.910. The van der Waals surface area contributed by atoms with Gasteiger partial charge >= 0.3 is 0 Å². The zero-order valence-electron chi connectivity index (χ0n) is 11.4. The average molecular weight is 265 g/mol. The normalized spacial score (nSPS) is 24.3. The number of H-pyrrole nitrogens is 1. The van der Waals surface area contributed by atoms with Crippen LogP contribution in [-0.4, -0.2) is 54.1 Å². The first kappa shape index (κ1) is 13.1. The van der Waals surface area contributed by atoms with Gasteiger partial charge in [-0.15, -0.1) is 0 Å². The molecule has 5 heteroatoms. The third-order valence-electron chi connectivity index (χ3n) is 4.01. The zero-order valence-corrected chi connectivity index (χ0v) is 11.4. The molecule has 3 rings (SSSR count). The molecular weight excluding hydrogens is 242 g/mol. The maximum Gasteiger partial charge on any atom is 0.0808 e. The van der Waals surface area contributed by atoms with E-state index in [1.165, 1.54) is 24.1 Å². The summed E-state index contributed by atoms with van der Waals surface area (Å²) in [5.41, 5.74) is 2.63. The van der Waals surface area contributed by atoms with Crippen molar-refractivity contribution in [2.45, 2.75) is 38.3 Å². The Balaban J connectivity index is 1.32. The molecule has 2 aliphatic heterocycles. The highest BCUT2D eigenvalue weighted by Gasteiger charge is 2.18. The van der Waals surface area contributed by atoms with Crippen LogP contribution in [0.1, 0.15) is 30.5 Å².